The molecule has 1 amide bonds. The number of nitrogens with zero attached hydrogens (tertiary/aromatic N) is 2. The van der Waals surface area contributed by atoms with Gasteiger partial charge in [0.1, 0.15) is 6.04 Å². The summed E-state index contributed by atoms with van der Waals surface area (Å²) in [6, 6.07) is -0.618. The predicted molar refractivity (Wildman–Crippen MR) is 78.4 cm³/mol. The molecule has 1 unspecified atom stereocenters. The average molecular weight is 318 g/mol. The van der Waals surface area contributed by atoms with Gasteiger partial charge in [-0.2, -0.15) is 0 Å². The monoisotopic (exact) mass is 318 g/mol. The van der Waals surface area contributed by atoms with Crippen molar-refractivity contribution in [3.05, 3.63) is 0 Å². The summed E-state index contributed by atoms with van der Waals surface area (Å²) < 4.78 is 5.30. The Hall–Kier alpha value is -1.35. The lowest BCUT2D eigenvalue weighted by Crippen LogP contribution is -2.43. The van der Waals surface area contributed by atoms with Crippen LogP contribution in [-0.4, -0.2) is 41.0 Å². The van der Waals surface area contributed by atoms with Crippen molar-refractivity contribution in [3.8, 4) is 0 Å². The summed E-state index contributed by atoms with van der Waals surface area (Å²) in [7, 11) is 1.31. The van der Waals surface area contributed by atoms with Crippen molar-refractivity contribution < 1.29 is 14.3 Å². The molecule has 112 valence electrons. The molecule has 9 heteroatoms. The number of anilines is 1. The topological polar surface area (TPSA) is 107 Å². The SMILES string of the molecule is COC(=O)C(CC(C)C)NC(=O)CSc1nnc(N)s1. The number of hydrogen-bond acceptors (Lipinski definition) is 8. The number of aromatic nitrogens is 2. The Kier molecular flexibility index (Phi) is 6.73. The van der Waals surface area contributed by atoms with Crippen LogP contribution >= 0.6 is 23.1 Å². The van der Waals surface area contributed by atoms with Crippen molar-refractivity contribution in [2.24, 2.45) is 5.92 Å². The lowest BCUT2D eigenvalue weighted by Gasteiger charge is -2.17. The van der Waals surface area contributed by atoms with Gasteiger partial charge >= 0.3 is 5.97 Å². The number of carbonyl (C=O) groups is 2. The Morgan fingerprint density at radius 1 is 1.45 bits per heavy atom. The molecular formula is C11H18N4O3S2. The van der Waals surface area contributed by atoms with E-state index in [4.69, 9.17) is 5.73 Å². The van der Waals surface area contributed by atoms with Crippen LogP contribution in [0.2, 0.25) is 0 Å². The largest absolute Gasteiger partial charge is 0.467 e. The summed E-state index contributed by atoms with van der Waals surface area (Å²) in [6.45, 7) is 3.95. The maximum atomic E-state index is 11.8. The summed E-state index contributed by atoms with van der Waals surface area (Å²) >= 11 is 2.45. The first kappa shape index (κ1) is 16.7. The minimum absolute atomic E-state index is 0.153. The maximum absolute atomic E-state index is 11.8. The van der Waals surface area contributed by atoms with Crippen LogP contribution in [0.25, 0.3) is 0 Å². The van der Waals surface area contributed by atoms with Gasteiger partial charge in [0.25, 0.3) is 0 Å². The van der Waals surface area contributed by atoms with Gasteiger partial charge in [-0.3, -0.25) is 4.79 Å². The summed E-state index contributed by atoms with van der Waals surface area (Å²) in [5.41, 5.74) is 5.45. The summed E-state index contributed by atoms with van der Waals surface area (Å²) in [4.78, 5) is 23.4. The molecule has 0 aliphatic rings. The van der Waals surface area contributed by atoms with E-state index in [0.717, 1.165) is 0 Å². The molecule has 7 nitrogen and oxygen atoms in total. The molecular weight excluding hydrogens is 300 g/mol. The molecule has 1 atom stereocenters. The van der Waals surface area contributed by atoms with Crippen molar-refractivity contribution in [1.82, 2.24) is 15.5 Å². The van der Waals surface area contributed by atoms with Gasteiger partial charge in [0, 0.05) is 0 Å². The fraction of sp³-hybridized carbons (Fsp3) is 0.636. The summed E-state index contributed by atoms with van der Waals surface area (Å²) in [5, 5.41) is 10.5. The van der Waals surface area contributed by atoms with Gasteiger partial charge in [-0.05, 0) is 12.3 Å². The highest BCUT2D eigenvalue weighted by Gasteiger charge is 2.22. The first-order valence-electron chi connectivity index (χ1n) is 6.01. The average Bonchev–Trinajstić information content (AvgIpc) is 2.80. The van der Waals surface area contributed by atoms with E-state index in [1.54, 1.807) is 0 Å². The number of ether oxygens (including phenoxy) is 1. The number of nitrogens with two attached hydrogens (primary N) is 1. The summed E-state index contributed by atoms with van der Waals surface area (Å²) in [6.07, 6.45) is 0.537. The molecule has 0 saturated carbocycles. The second kappa shape index (κ2) is 8.05. The minimum atomic E-state index is -0.618. The van der Waals surface area contributed by atoms with Gasteiger partial charge in [0.15, 0.2) is 4.34 Å². The van der Waals surface area contributed by atoms with Gasteiger partial charge in [-0.15, -0.1) is 10.2 Å². The van der Waals surface area contributed by atoms with E-state index in [1.165, 1.54) is 30.2 Å². The Morgan fingerprint density at radius 3 is 2.65 bits per heavy atom. The van der Waals surface area contributed by atoms with Crippen LogP contribution in [0.4, 0.5) is 5.13 Å². The Labute approximate surface area is 125 Å². The molecule has 0 bridgehead atoms. The molecule has 1 heterocycles. The molecule has 0 aliphatic carbocycles. The number of esters is 1. The molecule has 0 spiro atoms. The predicted octanol–water partition coefficient (Wildman–Crippen LogP) is 0.916. The maximum Gasteiger partial charge on any atom is 0.328 e. The number of nitrogens with one attached hydrogen (secondary N) is 1. The fourth-order valence-electron chi connectivity index (χ4n) is 1.47. The first-order chi connectivity index (χ1) is 9.42. The van der Waals surface area contributed by atoms with Crippen LogP contribution in [0.3, 0.4) is 0 Å². The molecule has 1 aromatic rings. The number of methoxy groups -OCH3 is 1. The van der Waals surface area contributed by atoms with Crippen LogP contribution in [0.5, 0.6) is 0 Å². The first-order valence-corrected chi connectivity index (χ1v) is 7.81. The number of amides is 1. The van der Waals surface area contributed by atoms with E-state index < -0.39 is 12.0 Å². The molecule has 0 radical (unpaired) electrons. The fourth-order valence-corrected chi connectivity index (χ4v) is 2.92. The Balaban J connectivity index is 2.46. The van der Waals surface area contributed by atoms with Crippen molar-refractivity contribution in [3.63, 3.8) is 0 Å². The van der Waals surface area contributed by atoms with Crippen LogP contribution in [0, 0.1) is 5.92 Å². The molecule has 1 aromatic heterocycles. The van der Waals surface area contributed by atoms with Gasteiger partial charge < -0.3 is 15.8 Å². The normalized spacial score (nSPS) is 12.2. The number of rotatable bonds is 7. The Bertz CT molecular complexity index is 464. The highest BCUT2D eigenvalue weighted by atomic mass is 32.2. The van der Waals surface area contributed by atoms with E-state index in [1.807, 2.05) is 13.8 Å². The number of hydrogen-bond donors (Lipinski definition) is 2. The van der Waals surface area contributed by atoms with E-state index in [-0.39, 0.29) is 17.6 Å². The molecule has 0 aromatic carbocycles. The van der Waals surface area contributed by atoms with Crippen LogP contribution in [0.15, 0.2) is 4.34 Å². The standard InChI is InChI=1S/C11H18N4O3S2/c1-6(2)4-7(9(17)18-3)13-8(16)5-19-11-15-14-10(12)20-11/h6-7H,4-5H2,1-3H3,(H2,12,14)(H,13,16). The minimum Gasteiger partial charge on any atom is -0.467 e. The molecule has 0 saturated heterocycles. The van der Waals surface area contributed by atoms with Crippen LogP contribution in [0.1, 0.15) is 20.3 Å². The van der Waals surface area contributed by atoms with E-state index in [2.05, 4.69) is 20.3 Å². The van der Waals surface area contributed by atoms with Crippen molar-refractivity contribution in [2.45, 2.75) is 30.6 Å². The van der Waals surface area contributed by atoms with E-state index in [0.29, 0.717) is 15.9 Å². The lowest BCUT2D eigenvalue weighted by atomic mass is 10.0. The van der Waals surface area contributed by atoms with Gasteiger partial charge in [0.2, 0.25) is 11.0 Å². The third-order valence-corrected chi connectivity index (χ3v) is 4.16. The summed E-state index contributed by atoms with van der Waals surface area (Å²) in [5.74, 6) is -0.257. The lowest BCUT2D eigenvalue weighted by molar-refractivity contribution is -0.145. The van der Waals surface area contributed by atoms with Gasteiger partial charge in [0.05, 0.1) is 12.9 Å². The Morgan fingerprint density at radius 2 is 2.15 bits per heavy atom. The van der Waals surface area contributed by atoms with E-state index >= 15 is 0 Å². The molecule has 0 aliphatic heterocycles. The second-order valence-corrected chi connectivity index (χ2v) is 6.70. The third-order valence-electron chi connectivity index (χ3n) is 2.28. The number of thioether (sulfide) groups is 1. The zero-order valence-electron chi connectivity index (χ0n) is 11.6. The highest BCUT2D eigenvalue weighted by molar-refractivity contribution is 8.01. The third kappa shape index (κ3) is 5.74. The molecule has 20 heavy (non-hydrogen) atoms. The van der Waals surface area contributed by atoms with Gasteiger partial charge in [-0.25, -0.2) is 4.79 Å². The zero-order chi connectivity index (χ0) is 15.1. The van der Waals surface area contributed by atoms with Crippen molar-refractivity contribution in [1.29, 1.82) is 0 Å². The molecule has 0 fully saturated rings. The van der Waals surface area contributed by atoms with Crippen LogP contribution in [-0.2, 0) is 14.3 Å². The second-order valence-electron chi connectivity index (χ2n) is 4.47. The number of carbonyl (C=O) groups excluding carboxylic acids is 2. The van der Waals surface area contributed by atoms with Crippen LogP contribution < -0.4 is 11.1 Å². The van der Waals surface area contributed by atoms with Crippen molar-refractivity contribution in [2.75, 3.05) is 18.6 Å². The zero-order valence-corrected chi connectivity index (χ0v) is 13.2. The van der Waals surface area contributed by atoms with Crippen molar-refractivity contribution >= 4 is 40.1 Å². The number of nitrogen functional groups attached to an aromatic ring is 1. The molecule has 3 N–H and O–H groups in total. The quantitative estimate of drug-likeness (QED) is 0.568. The highest BCUT2D eigenvalue weighted by Crippen LogP contribution is 2.23. The van der Waals surface area contributed by atoms with Gasteiger partial charge in [-0.1, -0.05) is 36.9 Å². The smallest absolute Gasteiger partial charge is 0.328 e. The van der Waals surface area contributed by atoms with E-state index in [9.17, 15) is 9.59 Å². The molecule has 1 rings (SSSR count).